The van der Waals surface area contributed by atoms with E-state index in [9.17, 15) is 9.59 Å². The van der Waals surface area contributed by atoms with Crippen LogP contribution in [0.1, 0.15) is 207 Å². The maximum atomic E-state index is 10.3. The van der Waals surface area contributed by atoms with Gasteiger partial charge >= 0.3 is 11.9 Å². The summed E-state index contributed by atoms with van der Waals surface area (Å²) in [5.74, 6) is 0.424. The number of carbonyl (C=O) groups is 2. The first-order chi connectivity index (χ1) is 21.2. The molecule has 0 spiro atoms. The van der Waals surface area contributed by atoms with E-state index in [0.717, 1.165) is 37.5 Å². The molecule has 0 atom stereocenters. The second-order valence-electron chi connectivity index (χ2n) is 13.7. The zero-order chi connectivity index (χ0) is 33.5. The molecule has 6 heteroatoms. The summed E-state index contributed by atoms with van der Waals surface area (Å²) in [4.78, 5) is 20.7. The normalized spacial score (nSPS) is 10.8. The highest BCUT2D eigenvalue weighted by molar-refractivity contribution is 5.66. The van der Waals surface area contributed by atoms with Gasteiger partial charge in [0.05, 0.1) is 0 Å². The van der Waals surface area contributed by atoms with Crippen LogP contribution in [-0.4, -0.2) is 35.2 Å². The number of carboxylic acids is 2. The van der Waals surface area contributed by atoms with Crippen LogP contribution in [0.3, 0.4) is 0 Å². The third kappa shape index (κ3) is 56.6. The van der Waals surface area contributed by atoms with Crippen LogP contribution in [0.2, 0.25) is 0 Å². The SMILES string of the molecule is CC(C)CCCCCCCCCCCCCCC(=O)O.CC(C)CCCCCCCCCCCCCCC(=O)O.NCCN. The predicted octanol–water partition coefficient (Wildman–Crippen LogP) is 11.3. The van der Waals surface area contributed by atoms with Crippen molar-refractivity contribution in [1.29, 1.82) is 0 Å². The van der Waals surface area contributed by atoms with Crippen molar-refractivity contribution in [3.05, 3.63) is 0 Å². The van der Waals surface area contributed by atoms with Gasteiger partial charge in [-0.3, -0.25) is 9.59 Å². The number of nitrogens with two attached hydrogens (primary N) is 2. The molecule has 0 aliphatic rings. The van der Waals surface area contributed by atoms with Gasteiger partial charge in [-0.15, -0.1) is 0 Å². The Bertz CT molecular complexity index is 507. The summed E-state index contributed by atoms with van der Waals surface area (Å²) in [6.07, 6.45) is 34.6. The summed E-state index contributed by atoms with van der Waals surface area (Å²) in [7, 11) is 0. The molecule has 6 nitrogen and oxygen atoms in total. The molecule has 0 aliphatic heterocycles. The van der Waals surface area contributed by atoms with Crippen molar-refractivity contribution in [1.82, 2.24) is 0 Å². The molecule has 0 fully saturated rings. The van der Waals surface area contributed by atoms with Gasteiger partial charge in [0.2, 0.25) is 0 Å². The largest absolute Gasteiger partial charge is 0.481 e. The monoisotopic (exact) mass is 629 g/mol. The number of rotatable bonds is 31. The summed E-state index contributed by atoms with van der Waals surface area (Å²) in [5.41, 5.74) is 9.81. The predicted molar refractivity (Wildman–Crippen MR) is 192 cm³/mol. The summed E-state index contributed by atoms with van der Waals surface area (Å²) >= 11 is 0. The molecule has 0 aromatic carbocycles. The van der Waals surface area contributed by atoms with Gasteiger partial charge in [-0.1, -0.05) is 182 Å². The van der Waals surface area contributed by atoms with E-state index in [-0.39, 0.29) is 0 Å². The van der Waals surface area contributed by atoms with E-state index in [1.165, 1.54) is 141 Å². The van der Waals surface area contributed by atoms with E-state index in [4.69, 9.17) is 21.7 Å². The van der Waals surface area contributed by atoms with Crippen molar-refractivity contribution in [3.8, 4) is 0 Å². The quantitative estimate of drug-likeness (QED) is 0.0566. The fourth-order valence-electron chi connectivity index (χ4n) is 5.19. The van der Waals surface area contributed by atoms with Crippen molar-refractivity contribution in [2.75, 3.05) is 13.1 Å². The lowest BCUT2D eigenvalue weighted by Crippen LogP contribution is -2.11. The van der Waals surface area contributed by atoms with E-state index < -0.39 is 11.9 Å². The van der Waals surface area contributed by atoms with Crippen molar-refractivity contribution in [3.63, 3.8) is 0 Å². The van der Waals surface area contributed by atoms with E-state index in [1.54, 1.807) is 0 Å². The lowest BCUT2D eigenvalue weighted by atomic mass is 10.0. The summed E-state index contributed by atoms with van der Waals surface area (Å²) in [5, 5.41) is 17.0. The fraction of sp³-hybridized carbons (Fsp3) is 0.947. The molecule has 0 rings (SSSR count). The van der Waals surface area contributed by atoms with Crippen molar-refractivity contribution >= 4 is 11.9 Å². The van der Waals surface area contributed by atoms with E-state index >= 15 is 0 Å². The van der Waals surface area contributed by atoms with E-state index in [0.29, 0.717) is 25.9 Å². The van der Waals surface area contributed by atoms with Crippen LogP contribution in [0.15, 0.2) is 0 Å². The molecule has 0 amide bonds. The van der Waals surface area contributed by atoms with Crippen LogP contribution in [0.25, 0.3) is 0 Å². The third-order valence-corrected chi connectivity index (χ3v) is 8.01. The molecule has 0 saturated carbocycles. The van der Waals surface area contributed by atoms with Gasteiger partial charge in [-0.25, -0.2) is 0 Å². The minimum atomic E-state index is -0.654. The highest BCUT2D eigenvalue weighted by Gasteiger charge is 1.99. The second kappa shape index (κ2) is 41.9. The number of aliphatic carboxylic acids is 2. The molecule has 0 heterocycles. The third-order valence-electron chi connectivity index (χ3n) is 8.01. The Morgan fingerprint density at radius 2 is 0.568 bits per heavy atom. The van der Waals surface area contributed by atoms with Crippen molar-refractivity contribution in [2.45, 2.75) is 207 Å². The van der Waals surface area contributed by atoms with E-state index in [1.807, 2.05) is 0 Å². The molecule has 44 heavy (non-hydrogen) atoms. The molecule has 0 aromatic rings. The smallest absolute Gasteiger partial charge is 0.303 e. The standard InChI is InChI=1S/2C18H36O2.C2H8N2/c2*1-17(2)15-13-11-9-7-5-3-4-6-8-10-12-14-16-18(19)20;3-1-2-4/h2*17H,3-16H2,1-2H3,(H,19,20);1-4H2. The maximum absolute atomic E-state index is 10.3. The average Bonchev–Trinajstić information content (AvgIpc) is 2.97. The number of hydrogen-bond donors (Lipinski definition) is 4. The van der Waals surface area contributed by atoms with Crippen LogP contribution in [0, 0.1) is 11.8 Å². The number of carboxylic acid groups (broad SMARTS) is 2. The Balaban J connectivity index is -0.000000680. The van der Waals surface area contributed by atoms with Gasteiger partial charge in [0.25, 0.3) is 0 Å². The van der Waals surface area contributed by atoms with Gasteiger partial charge in [-0.2, -0.15) is 0 Å². The van der Waals surface area contributed by atoms with Gasteiger partial charge in [0.15, 0.2) is 0 Å². The fourth-order valence-corrected chi connectivity index (χ4v) is 5.19. The summed E-state index contributed by atoms with van der Waals surface area (Å²) in [6, 6.07) is 0. The molecule has 0 saturated heterocycles. The van der Waals surface area contributed by atoms with Gasteiger partial charge in [0, 0.05) is 25.9 Å². The van der Waals surface area contributed by atoms with Crippen molar-refractivity contribution in [2.24, 2.45) is 23.3 Å². The maximum Gasteiger partial charge on any atom is 0.303 e. The molecular formula is C38H80N2O4. The van der Waals surface area contributed by atoms with Crippen LogP contribution >= 0.6 is 0 Å². The average molecular weight is 629 g/mol. The van der Waals surface area contributed by atoms with Gasteiger partial charge in [-0.05, 0) is 24.7 Å². The number of hydrogen-bond acceptors (Lipinski definition) is 4. The minimum Gasteiger partial charge on any atom is -0.481 e. The Morgan fingerprint density at radius 3 is 0.727 bits per heavy atom. The van der Waals surface area contributed by atoms with Gasteiger partial charge < -0.3 is 21.7 Å². The zero-order valence-electron chi connectivity index (χ0n) is 30.2. The first kappa shape index (κ1) is 47.3. The Morgan fingerprint density at radius 1 is 0.386 bits per heavy atom. The minimum absolute atomic E-state index is 0.344. The Labute approximate surface area is 275 Å². The van der Waals surface area contributed by atoms with E-state index in [2.05, 4.69) is 27.7 Å². The highest BCUT2D eigenvalue weighted by atomic mass is 16.4. The lowest BCUT2D eigenvalue weighted by Gasteiger charge is -2.04. The molecule has 0 unspecified atom stereocenters. The molecular weight excluding hydrogens is 548 g/mol. The first-order valence-electron chi connectivity index (χ1n) is 19.0. The molecule has 0 aliphatic carbocycles. The van der Waals surface area contributed by atoms with Crippen LogP contribution in [0.5, 0.6) is 0 Å². The second-order valence-corrected chi connectivity index (χ2v) is 13.7. The van der Waals surface area contributed by atoms with Crippen LogP contribution in [-0.2, 0) is 9.59 Å². The van der Waals surface area contributed by atoms with Gasteiger partial charge in [0.1, 0.15) is 0 Å². The van der Waals surface area contributed by atoms with Crippen LogP contribution in [0.4, 0.5) is 0 Å². The molecule has 266 valence electrons. The van der Waals surface area contributed by atoms with Crippen LogP contribution < -0.4 is 11.5 Å². The highest BCUT2D eigenvalue weighted by Crippen LogP contribution is 2.15. The Kier molecular flexibility index (Phi) is 45.0. The summed E-state index contributed by atoms with van der Waals surface area (Å²) in [6.45, 7) is 10.4. The topological polar surface area (TPSA) is 127 Å². The zero-order valence-corrected chi connectivity index (χ0v) is 30.2. The molecule has 0 radical (unpaired) electrons. The molecule has 0 aromatic heterocycles. The molecule has 0 bridgehead atoms. The number of unbranched alkanes of at least 4 members (excludes halogenated alkanes) is 22. The molecule has 6 N–H and O–H groups in total. The summed E-state index contributed by atoms with van der Waals surface area (Å²) < 4.78 is 0. The lowest BCUT2D eigenvalue weighted by molar-refractivity contribution is -0.138. The van der Waals surface area contributed by atoms with Crippen molar-refractivity contribution < 1.29 is 19.8 Å². The first-order valence-corrected chi connectivity index (χ1v) is 19.0. The Hall–Kier alpha value is -1.14.